The molecule has 1 saturated carbocycles. The van der Waals surface area contributed by atoms with Crippen molar-refractivity contribution in [3.8, 4) is 0 Å². The van der Waals surface area contributed by atoms with Gasteiger partial charge in [0.05, 0.1) is 0 Å². The van der Waals surface area contributed by atoms with E-state index in [1.165, 1.54) is 38.9 Å². The third kappa shape index (κ3) is 1.27. The standard InChI is InChI=1S/C10H20N2/c1-3-12(2)9-8-10(9)4-6-11-7-5-10/h9,11H,3-8H2,1-2H3. The number of nitrogens with zero attached hydrogens (tertiary/aromatic N) is 1. The maximum atomic E-state index is 3.44. The highest BCUT2D eigenvalue weighted by molar-refractivity contribution is 5.09. The Bertz CT molecular complexity index is 161. The maximum Gasteiger partial charge on any atom is 0.0156 e. The minimum atomic E-state index is 0.732. The van der Waals surface area contributed by atoms with Gasteiger partial charge in [-0.15, -0.1) is 0 Å². The predicted molar refractivity (Wildman–Crippen MR) is 51.2 cm³/mol. The molecule has 2 heteroatoms. The molecule has 1 heterocycles. The number of rotatable bonds is 2. The molecule has 1 aliphatic carbocycles. The summed E-state index contributed by atoms with van der Waals surface area (Å²) in [6.45, 7) is 5.95. The van der Waals surface area contributed by atoms with E-state index in [9.17, 15) is 0 Å². The highest BCUT2D eigenvalue weighted by atomic mass is 15.2. The molecule has 1 spiro atoms. The van der Waals surface area contributed by atoms with Gasteiger partial charge in [-0.2, -0.15) is 0 Å². The molecule has 12 heavy (non-hydrogen) atoms. The lowest BCUT2D eigenvalue weighted by molar-refractivity contribution is 0.244. The van der Waals surface area contributed by atoms with Crippen LogP contribution in [0, 0.1) is 5.41 Å². The lowest BCUT2D eigenvalue weighted by Gasteiger charge is -2.26. The Balaban J connectivity index is 1.90. The smallest absolute Gasteiger partial charge is 0.0156 e. The first-order valence-electron chi connectivity index (χ1n) is 5.19. The first-order chi connectivity index (χ1) is 5.78. The van der Waals surface area contributed by atoms with Crippen molar-refractivity contribution < 1.29 is 0 Å². The Morgan fingerprint density at radius 2 is 2.08 bits per heavy atom. The van der Waals surface area contributed by atoms with Crippen molar-refractivity contribution in [3.05, 3.63) is 0 Å². The first kappa shape index (κ1) is 8.52. The third-order valence-electron chi connectivity index (χ3n) is 3.78. The van der Waals surface area contributed by atoms with E-state index in [1.807, 2.05) is 0 Å². The van der Waals surface area contributed by atoms with E-state index in [2.05, 4.69) is 24.2 Å². The van der Waals surface area contributed by atoms with E-state index in [-0.39, 0.29) is 0 Å². The zero-order valence-electron chi connectivity index (χ0n) is 8.27. The molecule has 2 rings (SSSR count). The van der Waals surface area contributed by atoms with Crippen LogP contribution in [0.25, 0.3) is 0 Å². The number of hydrogen-bond acceptors (Lipinski definition) is 2. The summed E-state index contributed by atoms with van der Waals surface area (Å²) in [6.07, 6.45) is 4.27. The Morgan fingerprint density at radius 1 is 1.42 bits per heavy atom. The molecule has 1 unspecified atom stereocenters. The molecule has 1 saturated heterocycles. The topological polar surface area (TPSA) is 15.3 Å². The highest BCUT2D eigenvalue weighted by Gasteiger charge is 2.55. The van der Waals surface area contributed by atoms with Gasteiger partial charge in [0.2, 0.25) is 0 Å². The summed E-state index contributed by atoms with van der Waals surface area (Å²) in [5.74, 6) is 0. The normalized spacial score (nSPS) is 32.8. The molecular formula is C10H20N2. The van der Waals surface area contributed by atoms with Gasteiger partial charge >= 0.3 is 0 Å². The van der Waals surface area contributed by atoms with Crippen molar-refractivity contribution >= 4 is 0 Å². The van der Waals surface area contributed by atoms with Crippen LogP contribution in [0.1, 0.15) is 26.2 Å². The first-order valence-corrected chi connectivity index (χ1v) is 5.19. The van der Waals surface area contributed by atoms with E-state index >= 15 is 0 Å². The molecule has 2 fully saturated rings. The monoisotopic (exact) mass is 168 g/mol. The predicted octanol–water partition coefficient (Wildman–Crippen LogP) is 1.08. The van der Waals surface area contributed by atoms with Crippen molar-refractivity contribution in [2.45, 2.75) is 32.2 Å². The third-order valence-corrected chi connectivity index (χ3v) is 3.78. The Labute approximate surface area is 75.3 Å². The van der Waals surface area contributed by atoms with Crippen molar-refractivity contribution in [2.75, 3.05) is 26.7 Å². The Hall–Kier alpha value is -0.0800. The molecule has 1 aliphatic heterocycles. The van der Waals surface area contributed by atoms with Gasteiger partial charge in [0.1, 0.15) is 0 Å². The van der Waals surface area contributed by atoms with Crippen molar-refractivity contribution in [3.63, 3.8) is 0 Å². The van der Waals surface area contributed by atoms with Gasteiger partial charge < -0.3 is 10.2 Å². The Morgan fingerprint density at radius 3 is 2.67 bits per heavy atom. The second kappa shape index (κ2) is 3.00. The maximum absolute atomic E-state index is 3.44. The molecule has 2 nitrogen and oxygen atoms in total. The zero-order valence-corrected chi connectivity index (χ0v) is 8.27. The molecular weight excluding hydrogens is 148 g/mol. The van der Waals surface area contributed by atoms with Crippen LogP contribution in [-0.2, 0) is 0 Å². The van der Waals surface area contributed by atoms with Crippen LogP contribution in [0.15, 0.2) is 0 Å². The second-order valence-electron chi connectivity index (χ2n) is 4.41. The van der Waals surface area contributed by atoms with Gasteiger partial charge in [-0.1, -0.05) is 6.92 Å². The SMILES string of the molecule is CCN(C)C1CC12CCNCC2. The van der Waals surface area contributed by atoms with Gasteiger partial charge in [0.25, 0.3) is 0 Å². The van der Waals surface area contributed by atoms with Gasteiger partial charge in [0, 0.05) is 6.04 Å². The minimum Gasteiger partial charge on any atom is -0.317 e. The molecule has 0 bridgehead atoms. The van der Waals surface area contributed by atoms with Crippen LogP contribution in [0.2, 0.25) is 0 Å². The molecule has 0 amide bonds. The van der Waals surface area contributed by atoms with Crippen molar-refractivity contribution in [1.29, 1.82) is 0 Å². The average Bonchev–Trinajstić information content (AvgIpc) is 2.80. The zero-order chi connectivity index (χ0) is 8.60. The van der Waals surface area contributed by atoms with Crippen LogP contribution < -0.4 is 5.32 Å². The fourth-order valence-electron chi connectivity index (χ4n) is 2.63. The molecule has 1 atom stereocenters. The number of nitrogens with one attached hydrogen (secondary N) is 1. The number of hydrogen-bond donors (Lipinski definition) is 1. The summed E-state index contributed by atoms with van der Waals surface area (Å²) in [4.78, 5) is 2.52. The average molecular weight is 168 g/mol. The molecule has 0 aromatic rings. The van der Waals surface area contributed by atoms with E-state index in [0.717, 1.165) is 11.5 Å². The molecule has 2 aliphatic rings. The fraction of sp³-hybridized carbons (Fsp3) is 1.00. The summed E-state index contributed by atoms with van der Waals surface area (Å²) in [5, 5.41) is 3.44. The van der Waals surface area contributed by atoms with E-state index < -0.39 is 0 Å². The summed E-state index contributed by atoms with van der Waals surface area (Å²) in [7, 11) is 2.27. The fourth-order valence-corrected chi connectivity index (χ4v) is 2.63. The van der Waals surface area contributed by atoms with E-state index in [1.54, 1.807) is 0 Å². The van der Waals surface area contributed by atoms with Gasteiger partial charge in [0.15, 0.2) is 0 Å². The molecule has 1 N–H and O–H groups in total. The Kier molecular flexibility index (Phi) is 2.13. The van der Waals surface area contributed by atoms with Crippen molar-refractivity contribution in [1.82, 2.24) is 10.2 Å². The van der Waals surface area contributed by atoms with Crippen LogP contribution in [0.5, 0.6) is 0 Å². The molecule has 0 aromatic heterocycles. The lowest BCUT2D eigenvalue weighted by Crippen LogP contribution is -2.34. The van der Waals surface area contributed by atoms with Crippen LogP contribution in [0.4, 0.5) is 0 Å². The van der Waals surface area contributed by atoms with Crippen molar-refractivity contribution in [2.24, 2.45) is 5.41 Å². The molecule has 70 valence electrons. The quantitative estimate of drug-likeness (QED) is 0.664. The summed E-state index contributed by atoms with van der Waals surface area (Å²) in [5.41, 5.74) is 0.732. The molecule has 0 radical (unpaired) electrons. The minimum absolute atomic E-state index is 0.732. The van der Waals surface area contributed by atoms with Gasteiger partial charge in [-0.05, 0) is 51.4 Å². The summed E-state index contributed by atoms with van der Waals surface area (Å²) < 4.78 is 0. The largest absolute Gasteiger partial charge is 0.317 e. The van der Waals surface area contributed by atoms with E-state index in [4.69, 9.17) is 0 Å². The van der Waals surface area contributed by atoms with E-state index in [0.29, 0.717) is 0 Å². The van der Waals surface area contributed by atoms with Crippen LogP contribution >= 0.6 is 0 Å². The lowest BCUT2D eigenvalue weighted by atomic mass is 9.93. The van der Waals surface area contributed by atoms with Crippen LogP contribution in [-0.4, -0.2) is 37.6 Å². The van der Waals surface area contributed by atoms with Gasteiger partial charge in [-0.25, -0.2) is 0 Å². The van der Waals surface area contributed by atoms with Crippen LogP contribution in [0.3, 0.4) is 0 Å². The summed E-state index contributed by atoms with van der Waals surface area (Å²) >= 11 is 0. The number of piperidine rings is 1. The summed E-state index contributed by atoms with van der Waals surface area (Å²) in [6, 6.07) is 0.907. The van der Waals surface area contributed by atoms with Gasteiger partial charge in [-0.3, -0.25) is 0 Å². The highest BCUT2D eigenvalue weighted by Crippen LogP contribution is 2.55. The molecule has 0 aromatic carbocycles. The second-order valence-corrected chi connectivity index (χ2v) is 4.41.